The van der Waals surface area contributed by atoms with Crippen LogP contribution in [0.5, 0.6) is 0 Å². The Morgan fingerprint density at radius 2 is 1.67 bits per heavy atom. The van der Waals surface area contributed by atoms with E-state index in [1.165, 1.54) is 12.1 Å². The van der Waals surface area contributed by atoms with E-state index >= 15 is 0 Å². The molecule has 0 amide bonds. The summed E-state index contributed by atoms with van der Waals surface area (Å²) in [6, 6.07) is 12.8. The van der Waals surface area contributed by atoms with Crippen LogP contribution >= 0.6 is 0 Å². The normalized spacial score (nSPS) is 13.9. The van der Waals surface area contributed by atoms with E-state index < -0.39 is 11.6 Å². The van der Waals surface area contributed by atoms with E-state index in [0.29, 0.717) is 12.0 Å². The molecule has 0 spiro atoms. The standard InChI is InChI=1S/C17H19F2NO/c1-12(14-8-15(18)10-16(19)9-14)20-17(11-21)7-13-5-3-2-4-6-13/h2-6,8-10,12,17,20-21H,7,11H2,1H3/t12?,17-/m0/s1. The van der Waals surface area contributed by atoms with E-state index in [1.807, 2.05) is 37.3 Å². The van der Waals surface area contributed by atoms with Gasteiger partial charge in [0.05, 0.1) is 6.61 Å². The van der Waals surface area contributed by atoms with Gasteiger partial charge in [-0.15, -0.1) is 0 Å². The number of benzene rings is 2. The molecular formula is C17H19F2NO. The summed E-state index contributed by atoms with van der Waals surface area (Å²) in [4.78, 5) is 0. The number of hydrogen-bond acceptors (Lipinski definition) is 2. The van der Waals surface area contributed by atoms with Gasteiger partial charge in [-0.05, 0) is 36.6 Å². The summed E-state index contributed by atoms with van der Waals surface area (Å²) in [7, 11) is 0. The Morgan fingerprint density at radius 3 is 2.24 bits per heavy atom. The van der Waals surface area contributed by atoms with Crippen molar-refractivity contribution in [2.75, 3.05) is 6.61 Å². The number of halogens is 2. The predicted octanol–water partition coefficient (Wildman–Crippen LogP) is 3.22. The third-order valence-corrected chi connectivity index (χ3v) is 3.42. The molecule has 2 atom stereocenters. The highest BCUT2D eigenvalue weighted by atomic mass is 19.1. The molecule has 2 rings (SSSR count). The molecule has 0 saturated carbocycles. The van der Waals surface area contributed by atoms with Crippen molar-refractivity contribution in [1.29, 1.82) is 0 Å². The second kappa shape index (κ2) is 7.29. The molecule has 0 radical (unpaired) electrons. The lowest BCUT2D eigenvalue weighted by atomic mass is 10.0. The first-order valence-corrected chi connectivity index (χ1v) is 6.95. The zero-order valence-electron chi connectivity index (χ0n) is 11.9. The van der Waals surface area contributed by atoms with Gasteiger partial charge in [-0.2, -0.15) is 0 Å². The molecule has 112 valence electrons. The van der Waals surface area contributed by atoms with E-state index in [-0.39, 0.29) is 18.7 Å². The van der Waals surface area contributed by atoms with Crippen LogP contribution in [0, 0.1) is 11.6 Å². The first kappa shape index (κ1) is 15.6. The highest BCUT2D eigenvalue weighted by molar-refractivity contribution is 5.21. The molecule has 0 aromatic heterocycles. The van der Waals surface area contributed by atoms with Crippen molar-refractivity contribution in [1.82, 2.24) is 5.32 Å². The average Bonchev–Trinajstić information content (AvgIpc) is 2.46. The Kier molecular flexibility index (Phi) is 5.42. The maximum atomic E-state index is 13.2. The minimum atomic E-state index is -0.595. The zero-order valence-corrected chi connectivity index (χ0v) is 11.9. The molecule has 0 aliphatic heterocycles. The number of hydrogen-bond donors (Lipinski definition) is 2. The average molecular weight is 291 g/mol. The van der Waals surface area contributed by atoms with Crippen molar-refractivity contribution < 1.29 is 13.9 Å². The molecule has 2 aromatic carbocycles. The smallest absolute Gasteiger partial charge is 0.126 e. The molecule has 21 heavy (non-hydrogen) atoms. The van der Waals surface area contributed by atoms with Crippen LogP contribution in [0.2, 0.25) is 0 Å². The van der Waals surface area contributed by atoms with Crippen LogP contribution in [-0.2, 0) is 6.42 Å². The van der Waals surface area contributed by atoms with Gasteiger partial charge in [0.2, 0.25) is 0 Å². The van der Waals surface area contributed by atoms with Crippen LogP contribution in [0.3, 0.4) is 0 Å². The summed E-state index contributed by atoms with van der Waals surface area (Å²) in [5, 5.41) is 12.7. The van der Waals surface area contributed by atoms with Gasteiger partial charge < -0.3 is 10.4 Å². The molecule has 0 aliphatic rings. The van der Waals surface area contributed by atoms with Gasteiger partial charge in [0.25, 0.3) is 0 Å². The van der Waals surface area contributed by atoms with Crippen molar-refractivity contribution in [3.63, 3.8) is 0 Å². The second-order valence-electron chi connectivity index (χ2n) is 5.16. The maximum absolute atomic E-state index is 13.2. The summed E-state index contributed by atoms with van der Waals surface area (Å²) in [6.07, 6.45) is 0.652. The third-order valence-electron chi connectivity index (χ3n) is 3.42. The highest BCUT2D eigenvalue weighted by Gasteiger charge is 2.14. The second-order valence-corrected chi connectivity index (χ2v) is 5.16. The third kappa shape index (κ3) is 4.62. The lowest BCUT2D eigenvalue weighted by molar-refractivity contribution is 0.232. The minimum absolute atomic E-state index is 0.0446. The number of aliphatic hydroxyl groups is 1. The fraction of sp³-hybridized carbons (Fsp3) is 0.294. The monoisotopic (exact) mass is 291 g/mol. The first-order valence-electron chi connectivity index (χ1n) is 6.95. The molecule has 0 fully saturated rings. The summed E-state index contributed by atoms with van der Waals surface area (Å²) in [6.45, 7) is 1.78. The summed E-state index contributed by atoms with van der Waals surface area (Å²) < 4.78 is 26.5. The van der Waals surface area contributed by atoms with Gasteiger partial charge in [-0.3, -0.25) is 0 Å². The Hall–Kier alpha value is -1.78. The van der Waals surface area contributed by atoms with Crippen LogP contribution in [-0.4, -0.2) is 17.8 Å². The van der Waals surface area contributed by atoms with Crippen LogP contribution < -0.4 is 5.32 Å². The maximum Gasteiger partial charge on any atom is 0.126 e. The largest absolute Gasteiger partial charge is 0.395 e. The fourth-order valence-electron chi connectivity index (χ4n) is 2.35. The predicted molar refractivity (Wildman–Crippen MR) is 78.9 cm³/mol. The van der Waals surface area contributed by atoms with Crippen LogP contribution in [0.4, 0.5) is 8.78 Å². The van der Waals surface area contributed by atoms with Gasteiger partial charge in [0.15, 0.2) is 0 Å². The lowest BCUT2D eigenvalue weighted by Gasteiger charge is -2.22. The molecule has 2 nitrogen and oxygen atoms in total. The molecule has 0 aliphatic carbocycles. The van der Waals surface area contributed by atoms with E-state index in [1.54, 1.807) is 0 Å². The van der Waals surface area contributed by atoms with Crippen LogP contribution in [0.1, 0.15) is 24.1 Å². The molecule has 2 aromatic rings. The van der Waals surface area contributed by atoms with Crippen LogP contribution in [0.15, 0.2) is 48.5 Å². The van der Waals surface area contributed by atoms with Crippen molar-refractivity contribution in [3.05, 3.63) is 71.3 Å². The summed E-state index contributed by atoms with van der Waals surface area (Å²) >= 11 is 0. The van der Waals surface area contributed by atoms with Crippen molar-refractivity contribution in [2.45, 2.75) is 25.4 Å². The number of rotatable bonds is 6. The Labute approximate surface area is 123 Å². The van der Waals surface area contributed by atoms with E-state index in [0.717, 1.165) is 11.6 Å². The molecule has 2 N–H and O–H groups in total. The van der Waals surface area contributed by atoms with Crippen molar-refractivity contribution >= 4 is 0 Å². The minimum Gasteiger partial charge on any atom is -0.395 e. The van der Waals surface area contributed by atoms with E-state index in [2.05, 4.69) is 5.32 Å². The summed E-state index contributed by atoms with van der Waals surface area (Å²) in [5.74, 6) is -1.19. The van der Waals surface area contributed by atoms with Crippen molar-refractivity contribution in [3.8, 4) is 0 Å². The van der Waals surface area contributed by atoms with Crippen LogP contribution in [0.25, 0.3) is 0 Å². The van der Waals surface area contributed by atoms with E-state index in [4.69, 9.17) is 0 Å². The molecule has 1 unspecified atom stereocenters. The Morgan fingerprint density at radius 1 is 1.05 bits per heavy atom. The quantitative estimate of drug-likeness (QED) is 0.856. The topological polar surface area (TPSA) is 32.3 Å². The molecular weight excluding hydrogens is 272 g/mol. The lowest BCUT2D eigenvalue weighted by Crippen LogP contribution is -2.36. The molecule has 0 heterocycles. The highest BCUT2D eigenvalue weighted by Crippen LogP contribution is 2.17. The van der Waals surface area contributed by atoms with Gasteiger partial charge in [0.1, 0.15) is 11.6 Å². The number of nitrogens with one attached hydrogen (secondary N) is 1. The molecule has 0 saturated heterocycles. The summed E-state index contributed by atoms with van der Waals surface area (Å²) in [5.41, 5.74) is 1.63. The Bertz CT molecular complexity index is 554. The first-order chi connectivity index (χ1) is 10.1. The van der Waals surface area contributed by atoms with Gasteiger partial charge in [0, 0.05) is 18.2 Å². The van der Waals surface area contributed by atoms with Gasteiger partial charge in [-0.25, -0.2) is 8.78 Å². The van der Waals surface area contributed by atoms with Gasteiger partial charge in [-0.1, -0.05) is 30.3 Å². The van der Waals surface area contributed by atoms with Crippen molar-refractivity contribution in [2.24, 2.45) is 0 Å². The molecule has 4 heteroatoms. The zero-order chi connectivity index (χ0) is 15.2. The number of aliphatic hydroxyl groups excluding tert-OH is 1. The molecule has 0 bridgehead atoms. The Balaban J connectivity index is 2.03. The van der Waals surface area contributed by atoms with Gasteiger partial charge >= 0.3 is 0 Å². The van der Waals surface area contributed by atoms with E-state index in [9.17, 15) is 13.9 Å². The SMILES string of the molecule is CC(N[C@H](CO)Cc1ccccc1)c1cc(F)cc(F)c1. The fourth-order valence-corrected chi connectivity index (χ4v) is 2.35.